The largest absolute Gasteiger partial charge is 1.00 e. The number of Topliss-reactive ketones (excluding diaryl/α,β-unsaturated/α-hetero) is 1. The highest BCUT2D eigenvalue weighted by Crippen LogP contribution is 2.18. The first kappa shape index (κ1) is 20.7. The highest BCUT2D eigenvalue weighted by atomic mass is 35.5. The van der Waals surface area contributed by atoms with Gasteiger partial charge in [0.25, 0.3) is 5.91 Å². The summed E-state index contributed by atoms with van der Waals surface area (Å²) in [5.74, 6) is -1.13. The molecule has 25 heavy (non-hydrogen) atoms. The van der Waals surface area contributed by atoms with Gasteiger partial charge in [-0.25, -0.2) is 0 Å². The van der Waals surface area contributed by atoms with Gasteiger partial charge in [0.2, 0.25) is 0 Å². The molecule has 6 heteroatoms. The number of primary amides is 1. The van der Waals surface area contributed by atoms with Crippen molar-refractivity contribution in [3.63, 3.8) is 0 Å². The Balaban J connectivity index is 0.00000312. The van der Waals surface area contributed by atoms with E-state index in [1.807, 2.05) is 25.1 Å². The molecular weight excluding hydrogens is 340 g/mol. The van der Waals surface area contributed by atoms with Crippen molar-refractivity contribution in [1.29, 1.82) is 0 Å². The summed E-state index contributed by atoms with van der Waals surface area (Å²) in [5, 5.41) is 12.7. The molecule has 2 aromatic carbocycles. The molecule has 5 nitrogen and oxygen atoms in total. The van der Waals surface area contributed by atoms with Crippen molar-refractivity contribution in [3.05, 3.63) is 65.2 Å². The van der Waals surface area contributed by atoms with Gasteiger partial charge in [-0.15, -0.1) is 0 Å². The minimum absolute atomic E-state index is 0. The summed E-state index contributed by atoms with van der Waals surface area (Å²) in [4.78, 5) is 23.4. The van der Waals surface area contributed by atoms with Crippen LogP contribution in [-0.4, -0.2) is 29.4 Å². The number of hydrogen-bond acceptors (Lipinski definition) is 4. The van der Waals surface area contributed by atoms with E-state index in [1.54, 1.807) is 0 Å². The Hall–Kier alpha value is -2.37. The van der Waals surface area contributed by atoms with Crippen LogP contribution in [0.5, 0.6) is 5.75 Å². The molecule has 0 bridgehead atoms. The molecule has 0 aliphatic carbocycles. The Morgan fingerprint density at radius 1 is 1.16 bits per heavy atom. The smallest absolute Gasteiger partial charge is 0.252 e. The van der Waals surface area contributed by atoms with Gasteiger partial charge in [-0.1, -0.05) is 30.3 Å². The molecular formula is C19H22ClN2O3-. The maximum Gasteiger partial charge on any atom is 0.252 e. The zero-order chi connectivity index (χ0) is 17.5. The quantitative estimate of drug-likeness (QED) is 0.541. The van der Waals surface area contributed by atoms with Crippen LogP contribution in [0.2, 0.25) is 0 Å². The molecule has 0 saturated heterocycles. The van der Waals surface area contributed by atoms with E-state index in [0.29, 0.717) is 5.56 Å². The van der Waals surface area contributed by atoms with E-state index >= 15 is 0 Å². The number of phenols is 1. The number of amides is 1. The second-order valence-corrected chi connectivity index (χ2v) is 5.83. The Labute approximate surface area is 153 Å². The van der Waals surface area contributed by atoms with E-state index in [0.717, 1.165) is 12.8 Å². The van der Waals surface area contributed by atoms with Gasteiger partial charge < -0.3 is 28.6 Å². The van der Waals surface area contributed by atoms with Crippen molar-refractivity contribution in [2.24, 2.45) is 5.73 Å². The lowest BCUT2D eigenvalue weighted by atomic mass is 10.0. The third kappa shape index (κ3) is 6.21. The Morgan fingerprint density at radius 3 is 2.48 bits per heavy atom. The molecule has 0 aromatic heterocycles. The van der Waals surface area contributed by atoms with Crippen LogP contribution in [0.15, 0.2) is 48.5 Å². The number of carbonyl (C=O) groups excluding carboxylic acids is 2. The highest BCUT2D eigenvalue weighted by molar-refractivity contribution is 6.02. The normalized spacial score (nSPS) is 11.4. The second-order valence-electron chi connectivity index (χ2n) is 5.83. The minimum atomic E-state index is -0.758. The van der Waals surface area contributed by atoms with Gasteiger partial charge in [-0.3, -0.25) is 9.59 Å². The molecule has 0 spiro atoms. The molecule has 0 radical (unpaired) electrons. The van der Waals surface area contributed by atoms with Gasteiger partial charge in [0.1, 0.15) is 5.75 Å². The topological polar surface area (TPSA) is 92.4 Å². The molecule has 134 valence electrons. The lowest BCUT2D eigenvalue weighted by Gasteiger charge is -2.13. The molecule has 1 unspecified atom stereocenters. The van der Waals surface area contributed by atoms with Crippen LogP contribution in [0, 0.1) is 0 Å². The molecule has 0 saturated carbocycles. The van der Waals surface area contributed by atoms with Crippen LogP contribution in [0.4, 0.5) is 0 Å². The lowest BCUT2D eigenvalue weighted by molar-refractivity contribution is -0.0000222. The maximum absolute atomic E-state index is 12.2. The number of rotatable bonds is 8. The van der Waals surface area contributed by atoms with Crippen molar-refractivity contribution in [2.75, 3.05) is 6.54 Å². The first-order valence-corrected chi connectivity index (χ1v) is 7.90. The summed E-state index contributed by atoms with van der Waals surface area (Å²) >= 11 is 0. The van der Waals surface area contributed by atoms with Crippen molar-refractivity contribution in [1.82, 2.24) is 5.32 Å². The van der Waals surface area contributed by atoms with Crippen LogP contribution in [0.3, 0.4) is 0 Å². The van der Waals surface area contributed by atoms with Crippen LogP contribution in [0.25, 0.3) is 0 Å². The van der Waals surface area contributed by atoms with Crippen LogP contribution in [0.1, 0.15) is 39.6 Å². The molecule has 2 aromatic rings. The van der Waals surface area contributed by atoms with Crippen LogP contribution >= 0.6 is 0 Å². The Morgan fingerprint density at radius 2 is 1.84 bits per heavy atom. The molecule has 0 heterocycles. The van der Waals surface area contributed by atoms with Gasteiger partial charge in [-0.05, 0) is 43.5 Å². The first-order chi connectivity index (χ1) is 11.5. The number of nitrogens with two attached hydrogens (primary N) is 1. The van der Waals surface area contributed by atoms with Crippen molar-refractivity contribution in [3.8, 4) is 5.75 Å². The van der Waals surface area contributed by atoms with Crippen molar-refractivity contribution < 1.29 is 27.1 Å². The molecule has 0 aliphatic heterocycles. The molecule has 4 N–H and O–H groups in total. The van der Waals surface area contributed by atoms with E-state index < -0.39 is 5.91 Å². The predicted octanol–water partition coefficient (Wildman–Crippen LogP) is -0.711. The number of hydrogen-bond donors (Lipinski definition) is 3. The third-order valence-corrected chi connectivity index (χ3v) is 3.90. The summed E-state index contributed by atoms with van der Waals surface area (Å²) in [6, 6.07) is 14.5. The summed E-state index contributed by atoms with van der Waals surface area (Å²) in [5.41, 5.74) is 6.75. The van der Waals surface area contributed by atoms with E-state index in [9.17, 15) is 14.7 Å². The van der Waals surface area contributed by atoms with E-state index in [4.69, 9.17) is 5.73 Å². The fraction of sp³-hybridized carbons (Fsp3) is 0.263. The highest BCUT2D eigenvalue weighted by Gasteiger charge is 2.13. The summed E-state index contributed by atoms with van der Waals surface area (Å²) in [6.07, 6.45) is 1.85. The van der Waals surface area contributed by atoms with Gasteiger partial charge in [0.15, 0.2) is 5.78 Å². The Bertz CT molecular complexity index is 720. The number of carbonyl (C=O) groups is 2. The molecule has 0 aliphatic rings. The van der Waals surface area contributed by atoms with Gasteiger partial charge in [-0.2, -0.15) is 0 Å². The number of nitrogens with one attached hydrogen (secondary N) is 1. The van der Waals surface area contributed by atoms with Gasteiger partial charge in [0, 0.05) is 11.6 Å². The second kappa shape index (κ2) is 9.81. The number of halogens is 1. The SMILES string of the molecule is CC(CCc1ccccc1)NCC(=O)c1ccc(O)c(C(N)=O)c1.[Cl-]. The average Bonchev–Trinajstić information content (AvgIpc) is 2.59. The number of aryl methyl sites for hydroxylation is 1. The molecule has 1 amide bonds. The maximum atomic E-state index is 12.2. The Kier molecular flexibility index (Phi) is 8.11. The van der Waals surface area contributed by atoms with Crippen LogP contribution < -0.4 is 23.5 Å². The predicted molar refractivity (Wildman–Crippen MR) is 93.2 cm³/mol. The number of aromatic hydroxyl groups is 1. The lowest BCUT2D eigenvalue weighted by Crippen LogP contribution is -3.00. The fourth-order valence-corrected chi connectivity index (χ4v) is 2.41. The van der Waals surface area contributed by atoms with E-state index in [1.165, 1.54) is 23.8 Å². The average molecular weight is 362 g/mol. The monoisotopic (exact) mass is 361 g/mol. The van der Waals surface area contributed by atoms with Crippen molar-refractivity contribution >= 4 is 11.7 Å². The number of ketones is 1. The first-order valence-electron chi connectivity index (χ1n) is 7.90. The van der Waals surface area contributed by atoms with Gasteiger partial charge in [0.05, 0.1) is 12.1 Å². The zero-order valence-electron chi connectivity index (χ0n) is 14.0. The molecule has 2 rings (SSSR count). The zero-order valence-corrected chi connectivity index (χ0v) is 14.8. The fourth-order valence-electron chi connectivity index (χ4n) is 2.41. The van der Waals surface area contributed by atoms with E-state index in [-0.39, 0.29) is 42.1 Å². The van der Waals surface area contributed by atoms with Gasteiger partial charge >= 0.3 is 0 Å². The van der Waals surface area contributed by atoms with Crippen LogP contribution in [-0.2, 0) is 6.42 Å². The molecule has 0 fully saturated rings. The summed E-state index contributed by atoms with van der Waals surface area (Å²) < 4.78 is 0. The van der Waals surface area contributed by atoms with Crippen molar-refractivity contribution in [2.45, 2.75) is 25.8 Å². The minimum Gasteiger partial charge on any atom is -1.00 e. The van der Waals surface area contributed by atoms with E-state index in [2.05, 4.69) is 17.4 Å². The third-order valence-electron chi connectivity index (χ3n) is 3.90. The number of benzene rings is 2. The summed E-state index contributed by atoms with van der Waals surface area (Å²) in [6.45, 7) is 2.20. The standard InChI is InChI=1S/C19H22N2O3.ClH/c1-13(7-8-14-5-3-2-4-6-14)21-12-18(23)15-9-10-17(22)16(11-15)19(20)24;/h2-6,9-11,13,21-22H,7-8,12H2,1H3,(H2,20,24);1H/p-1. The summed E-state index contributed by atoms with van der Waals surface area (Å²) in [7, 11) is 0. The molecule has 1 atom stereocenters.